The number of nitrogens with one attached hydrogen (secondary N) is 2. The van der Waals surface area contributed by atoms with E-state index in [0.717, 1.165) is 0 Å². The van der Waals surface area contributed by atoms with Crippen LogP contribution in [0.2, 0.25) is 0 Å². The van der Waals surface area contributed by atoms with Gasteiger partial charge in [0.2, 0.25) is 0 Å². The molecule has 0 spiro atoms. The van der Waals surface area contributed by atoms with Gasteiger partial charge in [-0.1, -0.05) is 0 Å². The Kier molecular flexibility index (Phi) is 5.08. The van der Waals surface area contributed by atoms with Gasteiger partial charge in [-0.2, -0.15) is 0 Å². The minimum absolute atomic E-state index is 0.318. The lowest BCUT2D eigenvalue weighted by molar-refractivity contribution is -0.127. The molecule has 1 unspecified atom stereocenters. The average molecular weight is 279 g/mol. The molecule has 0 radical (unpaired) electrons. The maximum absolute atomic E-state index is 11.9. The summed E-state index contributed by atoms with van der Waals surface area (Å²) in [4.78, 5) is 34.4. The normalized spacial score (nSPS) is 11.3. The van der Waals surface area contributed by atoms with E-state index in [-0.39, 0.29) is 0 Å². The molecule has 1 atom stereocenters. The zero-order valence-corrected chi connectivity index (χ0v) is 11.5. The van der Waals surface area contributed by atoms with E-state index in [1.807, 2.05) is 5.32 Å². The lowest BCUT2D eigenvalue weighted by atomic mass is 10.1. The molecule has 0 saturated carbocycles. The number of amides is 3. The van der Waals surface area contributed by atoms with E-state index in [4.69, 9.17) is 10.5 Å². The third-order valence-corrected chi connectivity index (χ3v) is 2.59. The molecule has 7 heteroatoms. The van der Waals surface area contributed by atoms with Gasteiger partial charge in [-0.05, 0) is 37.6 Å². The molecule has 20 heavy (non-hydrogen) atoms. The molecular weight excluding hydrogens is 262 g/mol. The SMILES string of the molecule is CNC(=O)NC(=O)C(C)OC(=O)c1ccc(N)cc1C. The molecule has 1 aromatic carbocycles. The molecule has 0 heterocycles. The number of nitrogens with two attached hydrogens (primary N) is 1. The zero-order chi connectivity index (χ0) is 15.3. The maximum atomic E-state index is 11.9. The second-order valence-electron chi connectivity index (χ2n) is 4.19. The first kappa shape index (κ1) is 15.5. The second-order valence-corrected chi connectivity index (χ2v) is 4.19. The number of ether oxygens (including phenoxy) is 1. The number of nitrogen functional groups attached to an aromatic ring is 1. The summed E-state index contributed by atoms with van der Waals surface area (Å²) in [7, 11) is 1.37. The molecule has 1 aromatic rings. The predicted octanol–water partition coefficient (Wildman–Crippen LogP) is 0.578. The number of imide groups is 1. The van der Waals surface area contributed by atoms with Crippen LogP contribution in [0.15, 0.2) is 18.2 Å². The van der Waals surface area contributed by atoms with Crippen LogP contribution in [-0.4, -0.2) is 31.1 Å². The van der Waals surface area contributed by atoms with Gasteiger partial charge in [0.05, 0.1) is 5.56 Å². The standard InChI is InChI=1S/C13H17N3O4/c1-7-6-9(14)4-5-10(7)12(18)20-8(2)11(17)16-13(19)15-3/h4-6,8H,14H2,1-3H3,(H2,15,16,17,19). The van der Waals surface area contributed by atoms with Crippen LogP contribution in [-0.2, 0) is 9.53 Å². The van der Waals surface area contributed by atoms with Crippen molar-refractivity contribution in [3.8, 4) is 0 Å². The highest BCUT2D eigenvalue weighted by molar-refractivity contribution is 5.98. The van der Waals surface area contributed by atoms with Crippen LogP contribution >= 0.6 is 0 Å². The molecule has 0 aliphatic carbocycles. The fraction of sp³-hybridized carbons (Fsp3) is 0.308. The summed E-state index contributed by atoms with van der Waals surface area (Å²) in [6.45, 7) is 3.09. The van der Waals surface area contributed by atoms with Crippen molar-refractivity contribution >= 4 is 23.6 Å². The fourth-order valence-corrected chi connectivity index (χ4v) is 1.47. The van der Waals surface area contributed by atoms with Crippen molar-refractivity contribution in [1.29, 1.82) is 0 Å². The number of aryl methyl sites for hydroxylation is 1. The van der Waals surface area contributed by atoms with E-state index in [2.05, 4.69) is 5.32 Å². The highest BCUT2D eigenvalue weighted by Gasteiger charge is 2.21. The number of hydrogen-bond donors (Lipinski definition) is 3. The van der Waals surface area contributed by atoms with Crippen LogP contribution in [0.25, 0.3) is 0 Å². The Morgan fingerprint density at radius 2 is 1.95 bits per heavy atom. The Morgan fingerprint density at radius 1 is 1.30 bits per heavy atom. The van der Waals surface area contributed by atoms with Gasteiger partial charge < -0.3 is 15.8 Å². The van der Waals surface area contributed by atoms with Crippen LogP contribution in [0, 0.1) is 6.92 Å². The molecule has 0 aromatic heterocycles. The monoisotopic (exact) mass is 279 g/mol. The number of carbonyl (C=O) groups excluding carboxylic acids is 3. The lowest BCUT2D eigenvalue weighted by Gasteiger charge is -2.13. The Bertz CT molecular complexity index is 542. The largest absolute Gasteiger partial charge is 0.449 e. The summed E-state index contributed by atoms with van der Waals surface area (Å²) in [6.07, 6.45) is -1.09. The van der Waals surface area contributed by atoms with Crippen molar-refractivity contribution in [1.82, 2.24) is 10.6 Å². The van der Waals surface area contributed by atoms with E-state index in [0.29, 0.717) is 16.8 Å². The quantitative estimate of drug-likeness (QED) is 0.553. The minimum Gasteiger partial charge on any atom is -0.449 e. The number of urea groups is 1. The molecule has 0 saturated heterocycles. The van der Waals surface area contributed by atoms with Crippen LogP contribution < -0.4 is 16.4 Å². The van der Waals surface area contributed by atoms with Crippen molar-refractivity contribution in [2.45, 2.75) is 20.0 Å². The van der Waals surface area contributed by atoms with E-state index in [1.54, 1.807) is 19.1 Å². The summed E-state index contributed by atoms with van der Waals surface area (Å²) in [6, 6.07) is 4.06. The Hall–Kier alpha value is -2.57. The molecule has 7 nitrogen and oxygen atoms in total. The van der Waals surface area contributed by atoms with Gasteiger partial charge in [-0.3, -0.25) is 10.1 Å². The summed E-state index contributed by atoms with van der Waals surface area (Å²) >= 11 is 0. The first-order chi connectivity index (χ1) is 9.35. The Morgan fingerprint density at radius 3 is 2.50 bits per heavy atom. The van der Waals surface area contributed by atoms with Gasteiger partial charge in [0, 0.05) is 12.7 Å². The number of esters is 1. The predicted molar refractivity (Wildman–Crippen MR) is 73.1 cm³/mol. The fourth-order valence-electron chi connectivity index (χ4n) is 1.47. The number of hydrogen-bond acceptors (Lipinski definition) is 5. The van der Waals surface area contributed by atoms with Gasteiger partial charge in [0.15, 0.2) is 6.10 Å². The molecule has 0 bridgehead atoms. The molecule has 0 fully saturated rings. The summed E-state index contributed by atoms with van der Waals surface area (Å²) in [5, 5.41) is 4.25. The molecule has 4 N–H and O–H groups in total. The van der Waals surface area contributed by atoms with E-state index >= 15 is 0 Å². The van der Waals surface area contributed by atoms with Crippen LogP contribution in [0.5, 0.6) is 0 Å². The molecule has 0 aliphatic rings. The number of anilines is 1. The molecular formula is C13H17N3O4. The van der Waals surface area contributed by atoms with Crippen molar-refractivity contribution in [2.75, 3.05) is 12.8 Å². The van der Waals surface area contributed by atoms with E-state index in [1.165, 1.54) is 20.0 Å². The average Bonchev–Trinajstić information content (AvgIpc) is 2.37. The topological polar surface area (TPSA) is 111 Å². The van der Waals surface area contributed by atoms with Crippen molar-refractivity contribution in [3.63, 3.8) is 0 Å². The lowest BCUT2D eigenvalue weighted by Crippen LogP contribution is -2.43. The number of carbonyl (C=O) groups is 3. The van der Waals surface area contributed by atoms with Gasteiger partial charge in [0.25, 0.3) is 5.91 Å². The highest BCUT2D eigenvalue weighted by Crippen LogP contribution is 2.14. The van der Waals surface area contributed by atoms with E-state index < -0.39 is 24.0 Å². The Labute approximate surface area is 116 Å². The molecule has 3 amide bonds. The first-order valence-corrected chi connectivity index (χ1v) is 5.94. The molecule has 1 rings (SSSR count). The third-order valence-electron chi connectivity index (χ3n) is 2.59. The van der Waals surface area contributed by atoms with Gasteiger partial charge >= 0.3 is 12.0 Å². The Balaban J connectivity index is 2.70. The highest BCUT2D eigenvalue weighted by atomic mass is 16.5. The maximum Gasteiger partial charge on any atom is 0.339 e. The van der Waals surface area contributed by atoms with Crippen LogP contribution in [0.4, 0.5) is 10.5 Å². The molecule has 0 aliphatic heterocycles. The third kappa shape index (κ3) is 3.98. The molecule has 108 valence electrons. The van der Waals surface area contributed by atoms with Crippen molar-refractivity contribution in [2.24, 2.45) is 0 Å². The minimum atomic E-state index is -1.09. The number of rotatable bonds is 3. The van der Waals surface area contributed by atoms with Gasteiger partial charge in [0.1, 0.15) is 0 Å². The zero-order valence-electron chi connectivity index (χ0n) is 11.5. The summed E-state index contributed by atoms with van der Waals surface area (Å²) in [5.41, 5.74) is 7.08. The smallest absolute Gasteiger partial charge is 0.339 e. The number of benzene rings is 1. The second kappa shape index (κ2) is 6.55. The van der Waals surface area contributed by atoms with Gasteiger partial charge in [-0.15, -0.1) is 0 Å². The van der Waals surface area contributed by atoms with Crippen molar-refractivity contribution < 1.29 is 19.1 Å². The first-order valence-electron chi connectivity index (χ1n) is 5.94. The van der Waals surface area contributed by atoms with Gasteiger partial charge in [-0.25, -0.2) is 9.59 Å². The summed E-state index contributed by atoms with van der Waals surface area (Å²) in [5.74, 6) is -1.35. The van der Waals surface area contributed by atoms with Crippen molar-refractivity contribution in [3.05, 3.63) is 29.3 Å². The van der Waals surface area contributed by atoms with E-state index in [9.17, 15) is 14.4 Å². The van der Waals surface area contributed by atoms with Crippen LogP contribution in [0.3, 0.4) is 0 Å². The summed E-state index contributed by atoms with van der Waals surface area (Å²) < 4.78 is 4.99. The van der Waals surface area contributed by atoms with Crippen LogP contribution in [0.1, 0.15) is 22.8 Å².